The molecule has 15 heavy (non-hydrogen) atoms. The van der Waals surface area contributed by atoms with Crippen LogP contribution in [0, 0.1) is 0 Å². The molecule has 2 aromatic rings. The van der Waals surface area contributed by atoms with E-state index in [9.17, 15) is 9.59 Å². The summed E-state index contributed by atoms with van der Waals surface area (Å²) in [5, 5.41) is 12.0. The molecular weight excluding hydrogens is 196 g/mol. The Balaban J connectivity index is 2.90. The number of aryl methyl sites for hydroxylation is 1. The van der Waals surface area contributed by atoms with Crippen molar-refractivity contribution in [3.63, 3.8) is 0 Å². The molecule has 5 heteroatoms. The van der Waals surface area contributed by atoms with E-state index in [1.54, 1.807) is 12.1 Å². The number of rotatable bonds is 2. The molecule has 0 aliphatic carbocycles. The monoisotopic (exact) mass is 206 g/mol. The summed E-state index contributed by atoms with van der Waals surface area (Å²) >= 11 is 0. The second-order valence-corrected chi connectivity index (χ2v) is 3.19. The minimum atomic E-state index is -1.08. The third-order valence-corrected chi connectivity index (χ3v) is 2.33. The van der Waals surface area contributed by atoms with Crippen LogP contribution in [0.15, 0.2) is 23.0 Å². The molecule has 0 spiro atoms. The molecule has 0 aliphatic heterocycles. The average molecular weight is 206 g/mol. The Bertz CT molecular complexity index is 580. The van der Waals surface area contributed by atoms with E-state index in [-0.39, 0.29) is 16.5 Å². The summed E-state index contributed by atoms with van der Waals surface area (Å²) in [5.41, 5.74) is 0.313. The Morgan fingerprint density at radius 1 is 1.53 bits per heavy atom. The van der Waals surface area contributed by atoms with Crippen molar-refractivity contribution in [2.45, 2.75) is 13.5 Å². The number of aromatic nitrogens is 2. The summed E-state index contributed by atoms with van der Waals surface area (Å²) in [6.45, 7) is 2.31. The number of fused-ring (bicyclic) bond motifs is 1. The van der Waals surface area contributed by atoms with Gasteiger partial charge >= 0.3 is 5.97 Å². The Hall–Kier alpha value is -2.04. The van der Waals surface area contributed by atoms with Crippen molar-refractivity contribution in [1.29, 1.82) is 0 Å². The van der Waals surface area contributed by atoms with Gasteiger partial charge in [-0.05, 0) is 19.1 Å². The van der Waals surface area contributed by atoms with Gasteiger partial charge in [0.05, 0.1) is 16.5 Å². The van der Waals surface area contributed by atoms with E-state index < -0.39 is 5.97 Å². The molecule has 0 radical (unpaired) electrons. The highest BCUT2D eigenvalue weighted by atomic mass is 16.4. The van der Waals surface area contributed by atoms with E-state index >= 15 is 0 Å². The number of carboxylic acid groups (broad SMARTS) is 1. The Kier molecular flexibility index (Phi) is 2.07. The van der Waals surface area contributed by atoms with Crippen LogP contribution in [0.2, 0.25) is 0 Å². The average Bonchev–Trinajstić information content (AvgIpc) is 2.55. The molecule has 0 unspecified atom stereocenters. The lowest BCUT2D eigenvalue weighted by molar-refractivity contribution is 0.0699. The quantitative estimate of drug-likeness (QED) is 0.771. The topological polar surface area (TPSA) is 75.1 Å². The van der Waals surface area contributed by atoms with Crippen molar-refractivity contribution in [3.05, 3.63) is 34.1 Å². The Labute approximate surface area is 84.9 Å². The highest BCUT2D eigenvalue weighted by molar-refractivity contribution is 6.02. The SMILES string of the molecule is CCn1[nH]c2cccc(C(=O)O)c2c1=O. The summed E-state index contributed by atoms with van der Waals surface area (Å²) in [6.07, 6.45) is 0. The number of aromatic amines is 1. The number of aromatic carboxylic acids is 1. The van der Waals surface area contributed by atoms with Gasteiger partial charge in [0.1, 0.15) is 0 Å². The van der Waals surface area contributed by atoms with Gasteiger partial charge in [-0.25, -0.2) is 4.79 Å². The van der Waals surface area contributed by atoms with Crippen LogP contribution in [-0.2, 0) is 6.54 Å². The van der Waals surface area contributed by atoms with Crippen LogP contribution in [0.4, 0.5) is 0 Å². The molecule has 2 N–H and O–H groups in total. The van der Waals surface area contributed by atoms with Gasteiger partial charge < -0.3 is 5.11 Å². The molecule has 78 valence electrons. The number of H-pyrrole nitrogens is 1. The van der Waals surface area contributed by atoms with Crippen LogP contribution in [0.1, 0.15) is 17.3 Å². The minimum absolute atomic E-state index is 0.0425. The number of nitrogens with one attached hydrogen (secondary N) is 1. The van der Waals surface area contributed by atoms with Crippen LogP contribution >= 0.6 is 0 Å². The van der Waals surface area contributed by atoms with Gasteiger partial charge in [-0.15, -0.1) is 0 Å². The van der Waals surface area contributed by atoms with Crippen LogP contribution < -0.4 is 5.56 Å². The van der Waals surface area contributed by atoms with Gasteiger partial charge in [0, 0.05) is 6.54 Å². The van der Waals surface area contributed by atoms with Gasteiger partial charge in [-0.1, -0.05) is 6.07 Å². The number of hydrogen-bond acceptors (Lipinski definition) is 2. The standard InChI is InChI=1S/C10H10N2O3/c1-2-12-9(13)8-6(10(14)15)4-3-5-7(8)11-12/h3-5,11H,2H2,1H3,(H,14,15). The van der Waals surface area contributed by atoms with Gasteiger partial charge in [-0.2, -0.15) is 0 Å². The number of carbonyl (C=O) groups is 1. The van der Waals surface area contributed by atoms with E-state index in [0.717, 1.165) is 0 Å². The van der Waals surface area contributed by atoms with Gasteiger partial charge in [0.25, 0.3) is 5.56 Å². The number of benzene rings is 1. The zero-order valence-electron chi connectivity index (χ0n) is 8.15. The molecule has 1 aromatic carbocycles. The maximum absolute atomic E-state index is 11.8. The van der Waals surface area contributed by atoms with E-state index in [2.05, 4.69) is 5.10 Å². The largest absolute Gasteiger partial charge is 0.478 e. The highest BCUT2D eigenvalue weighted by Crippen LogP contribution is 2.13. The first-order chi connectivity index (χ1) is 7.15. The van der Waals surface area contributed by atoms with E-state index in [1.165, 1.54) is 10.7 Å². The zero-order chi connectivity index (χ0) is 11.0. The molecule has 0 bridgehead atoms. The molecule has 0 fully saturated rings. The first-order valence-corrected chi connectivity index (χ1v) is 4.60. The molecule has 0 amide bonds. The molecule has 2 rings (SSSR count). The maximum Gasteiger partial charge on any atom is 0.336 e. The van der Waals surface area contributed by atoms with Crippen molar-refractivity contribution in [3.8, 4) is 0 Å². The fraction of sp³-hybridized carbons (Fsp3) is 0.200. The first-order valence-electron chi connectivity index (χ1n) is 4.60. The molecule has 0 atom stereocenters. The van der Waals surface area contributed by atoms with Crippen molar-refractivity contribution in [1.82, 2.24) is 9.78 Å². The number of nitrogens with zero attached hydrogens (tertiary/aromatic N) is 1. The van der Waals surface area contributed by atoms with Crippen LogP contribution in [-0.4, -0.2) is 20.9 Å². The molecular formula is C10H10N2O3. The van der Waals surface area contributed by atoms with Crippen molar-refractivity contribution >= 4 is 16.9 Å². The number of carboxylic acids is 1. The number of hydrogen-bond donors (Lipinski definition) is 2. The van der Waals surface area contributed by atoms with Crippen LogP contribution in [0.3, 0.4) is 0 Å². The van der Waals surface area contributed by atoms with Crippen molar-refractivity contribution < 1.29 is 9.90 Å². The summed E-state index contributed by atoms with van der Waals surface area (Å²) in [4.78, 5) is 22.7. The van der Waals surface area contributed by atoms with E-state index in [0.29, 0.717) is 12.1 Å². The van der Waals surface area contributed by atoms with Gasteiger partial charge in [0.2, 0.25) is 0 Å². The molecule has 1 heterocycles. The second-order valence-electron chi connectivity index (χ2n) is 3.19. The smallest absolute Gasteiger partial charge is 0.336 e. The second kappa shape index (κ2) is 3.27. The Morgan fingerprint density at radius 2 is 2.27 bits per heavy atom. The fourth-order valence-electron chi connectivity index (χ4n) is 1.61. The molecule has 0 aliphatic rings. The summed E-state index contributed by atoms with van der Waals surface area (Å²) in [6, 6.07) is 4.73. The van der Waals surface area contributed by atoms with Crippen LogP contribution in [0.25, 0.3) is 10.9 Å². The van der Waals surface area contributed by atoms with E-state index in [4.69, 9.17) is 5.11 Å². The predicted octanol–water partition coefficient (Wildman–Crippen LogP) is 1.05. The maximum atomic E-state index is 11.8. The lowest BCUT2D eigenvalue weighted by Crippen LogP contribution is -2.16. The third kappa shape index (κ3) is 1.32. The summed E-state index contributed by atoms with van der Waals surface area (Å²) in [7, 11) is 0. The Morgan fingerprint density at radius 3 is 2.87 bits per heavy atom. The van der Waals surface area contributed by atoms with Gasteiger partial charge in [-0.3, -0.25) is 14.6 Å². The normalized spacial score (nSPS) is 10.7. The lowest BCUT2D eigenvalue weighted by atomic mass is 10.1. The highest BCUT2D eigenvalue weighted by Gasteiger charge is 2.14. The van der Waals surface area contributed by atoms with Crippen LogP contribution in [0.5, 0.6) is 0 Å². The molecule has 5 nitrogen and oxygen atoms in total. The molecule has 1 aromatic heterocycles. The lowest BCUT2D eigenvalue weighted by Gasteiger charge is -1.93. The first kappa shape index (κ1) is 9.51. The zero-order valence-corrected chi connectivity index (χ0v) is 8.15. The fourth-order valence-corrected chi connectivity index (χ4v) is 1.61. The third-order valence-electron chi connectivity index (χ3n) is 2.33. The van der Waals surface area contributed by atoms with Gasteiger partial charge in [0.15, 0.2) is 0 Å². The summed E-state index contributed by atoms with van der Waals surface area (Å²) in [5.74, 6) is -1.08. The summed E-state index contributed by atoms with van der Waals surface area (Å²) < 4.78 is 1.39. The van der Waals surface area contributed by atoms with E-state index in [1.807, 2.05) is 6.92 Å². The van der Waals surface area contributed by atoms with Crippen molar-refractivity contribution in [2.24, 2.45) is 0 Å². The molecule has 0 saturated carbocycles. The minimum Gasteiger partial charge on any atom is -0.478 e. The van der Waals surface area contributed by atoms with Crippen molar-refractivity contribution in [2.75, 3.05) is 0 Å². The predicted molar refractivity (Wildman–Crippen MR) is 55.2 cm³/mol. The molecule has 0 saturated heterocycles.